The predicted octanol–water partition coefficient (Wildman–Crippen LogP) is 4.46. The highest BCUT2D eigenvalue weighted by molar-refractivity contribution is 5.83. The molecule has 0 aliphatic heterocycles. The molecule has 110 valence electrons. The van der Waals surface area contributed by atoms with Gasteiger partial charge in [0.15, 0.2) is 0 Å². The number of benzene rings is 1. The molecular weight excluding hydrogens is 262 g/mol. The summed E-state index contributed by atoms with van der Waals surface area (Å²) in [7, 11) is 1.96. The lowest BCUT2D eigenvalue weighted by atomic mass is 10.00. The van der Waals surface area contributed by atoms with Gasteiger partial charge >= 0.3 is 0 Å². The molecule has 21 heavy (non-hydrogen) atoms. The molecule has 2 aromatic heterocycles. The Hall–Kier alpha value is -2.00. The summed E-state index contributed by atoms with van der Waals surface area (Å²) in [5.41, 5.74) is 2.12. The summed E-state index contributed by atoms with van der Waals surface area (Å²) in [5.74, 6) is 2.97. The van der Waals surface area contributed by atoms with Gasteiger partial charge in [-0.15, -0.1) is 0 Å². The highest BCUT2D eigenvalue weighted by Crippen LogP contribution is 2.35. The molecule has 0 saturated heterocycles. The summed E-state index contributed by atoms with van der Waals surface area (Å²) in [4.78, 5) is 0. The molecule has 0 spiro atoms. The molecule has 0 radical (unpaired) electrons. The average Bonchev–Trinajstić information content (AvgIpc) is 3.13. The van der Waals surface area contributed by atoms with Gasteiger partial charge in [0.1, 0.15) is 22.9 Å². The molecule has 3 aromatic rings. The fraction of sp³-hybridized carbons (Fsp3) is 0.333. The Balaban J connectivity index is 2.15. The monoisotopic (exact) mass is 283 g/mol. The largest absolute Gasteiger partial charge is 0.464 e. The lowest BCUT2D eigenvalue weighted by molar-refractivity contribution is 0.429. The number of rotatable bonds is 5. The molecule has 0 saturated carbocycles. The molecule has 0 bridgehead atoms. The van der Waals surface area contributed by atoms with E-state index in [1.165, 1.54) is 5.56 Å². The molecule has 3 heteroatoms. The van der Waals surface area contributed by atoms with Crippen LogP contribution in [0.15, 0.2) is 45.2 Å². The molecule has 0 amide bonds. The fourth-order valence-electron chi connectivity index (χ4n) is 2.86. The van der Waals surface area contributed by atoms with Crippen LogP contribution in [-0.4, -0.2) is 7.05 Å². The molecule has 1 atom stereocenters. The van der Waals surface area contributed by atoms with E-state index < -0.39 is 0 Å². The number of aryl methyl sites for hydroxylation is 2. The van der Waals surface area contributed by atoms with Crippen molar-refractivity contribution in [3.63, 3.8) is 0 Å². The molecule has 1 unspecified atom stereocenters. The van der Waals surface area contributed by atoms with Crippen molar-refractivity contribution < 1.29 is 8.83 Å². The maximum Gasteiger partial charge on any atom is 0.134 e. The minimum Gasteiger partial charge on any atom is -0.464 e. The molecule has 3 nitrogen and oxygen atoms in total. The van der Waals surface area contributed by atoms with Crippen LogP contribution in [0.2, 0.25) is 0 Å². The van der Waals surface area contributed by atoms with Crippen LogP contribution < -0.4 is 5.32 Å². The van der Waals surface area contributed by atoms with Gasteiger partial charge in [0.05, 0.1) is 6.04 Å². The van der Waals surface area contributed by atoms with Crippen LogP contribution in [0.3, 0.4) is 0 Å². The second-order valence-corrected chi connectivity index (χ2v) is 5.17. The van der Waals surface area contributed by atoms with Crippen LogP contribution in [-0.2, 0) is 12.8 Å². The van der Waals surface area contributed by atoms with Crippen LogP contribution >= 0.6 is 0 Å². The molecular formula is C18H21NO2. The lowest BCUT2D eigenvalue weighted by Crippen LogP contribution is -2.18. The van der Waals surface area contributed by atoms with Gasteiger partial charge in [-0.3, -0.25) is 0 Å². The molecule has 0 aliphatic carbocycles. The SMILES string of the molecule is CCc1ccc(C(NC)c2c(CC)oc3ccccc23)o1. The zero-order valence-corrected chi connectivity index (χ0v) is 12.8. The second kappa shape index (κ2) is 5.78. The van der Waals surface area contributed by atoms with Crippen LogP contribution in [0.5, 0.6) is 0 Å². The minimum atomic E-state index is 0.0175. The maximum absolute atomic E-state index is 6.00. The number of para-hydroxylation sites is 1. The van der Waals surface area contributed by atoms with E-state index in [4.69, 9.17) is 8.83 Å². The van der Waals surface area contributed by atoms with E-state index in [0.29, 0.717) is 0 Å². The van der Waals surface area contributed by atoms with E-state index in [9.17, 15) is 0 Å². The topological polar surface area (TPSA) is 38.3 Å². The van der Waals surface area contributed by atoms with Crippen LogP contribution in [0, 0.1) is 0 Å². The first-order valence-corrected chi connectivity index (χ1v) is 7.54. The maximum atomic E-state index is 6.00. The van der Waals surface area contributed by atoms with Gasteiger partial charge in [0.2, 0.25) is 0 Å². The number of furan rings is 2. The third kappa shape index (κ3) is 2.38. The van der Waals surface area contributed by atoms with Crippen LogP contribution in [0.1, 0.15) is 42.7 Å². The van der Waals surface area contributed by atoms with Gasteiger partial charge in [-0.2, -0.15) is 0 Å². The summed E-state index contributed by atoms with van der Waals surface area (Å²) in [6.45, 7) is 4.22. The first-order valence-electron chi connectivity index (χ1n) is 7.54. The van der Waals surface area contributed by atoms with Crippen LogP contribution in [0.4, 0.5) is 0 Å². The number of fused-ring (bicyclic) bond motifs is 1. The molecule has 1 N–H and O–H groups in total. The zero-order chi connectivity index (χ0) is 14.8. The van der Waals surface area contributed by atoms with Gasteiger partial charge in [0.25, 0.3) is 0 Å². The minimum absolute atomic E-state index is 0.0175. The van der Waals surface area contributed by atoms with Crippen molar-refractivity contribution in [2.45, 2.75) is 32.7 Å². The zero-order valence-electron chi connectivity index (χ0n) is 12.8. The van der Waals surface area contributed by atoms with Crippen molar-refractivity contribution in [2.75, 3.05) is 7.05 Å². The Bertz CT molecular complexity index is 739. The summed E-state index contributed by atoms with van der Waals surface area (Å²) < 4.78 is 12.0. The summed E-state index contributed by atoms with van der Waals surface area (Å²) in [6, 6.07) is 12.3. The van der Waals surface area contributed by atoms with Crippen molar-refractivity contribution in [2.24, 2.45) is 0 Å². The third-order valence-corrected chi connectivity index (χ3v) is 3.92. The quantitative estimate of drug-likeness (QED) is 0.751. The average molecular weight is 283 g/mol. The van der Waals surface area contributed by atoms with E-state index in [1.807, 2.05) is 31.3 Å². The molecule has 1 aromatic carbocycles. The highest BCUT2D eigenvalue weighted by Gasteiger charge is 2.24. The smallest absolute Gasteiger partial charge is 0.134 e. The van der Waals surface area contributed by atoms with E-state index in [-0.39, 0.29) is 6.04 Å². The Morgan fingerprint density at radius 1 is 1.00 bits per heavy atom. The molecule has 0 fully saturated rings. The summed E-state index contributed by atoms with van der Waals surface area (Å²) in [5, 5.41) is 4.53. The first-order chi connectivity index (χ1) is 10.3. The van der Waals surface area contributed by atoms with E-state index in [2.05, 4.69) is 31.3 Å². The standard InChI is InChI=1S/C18H21NO2/c1-4-12-10-11-16(20-12)18(19-3)17-13-8-6-7-9-15(13)21-14(17)5-2/h6-11,18-19H,4-5H2,1-3H3. The Morgan fingerprint density at radius 3 is 2.48 bits per heavy atom. The summed E-state index contributed by atoms with van der Waals surface area (Å²) in [6.07, 6.45) is 1.77. The molecule has 2 heterocycles. The van der Waals surface area contributed by atoms with Crippen molar-refractivity contribution in [3.05, 3.63) is 59.2 Å². The number of nitrogens with one attached hydrogen (secondary N) is 1. The van der Waals surface area contributed by atoms with Crippen LogP contribution in [0.25, 0.3) is 11.0 Å². The van der Waals surface area contributed by atoms with Gasteiger partial charge in [-0.1, -0.05) is 32.0 Å². The van der Waals surface area contributed by atoms with Crippen molar-refractivity contribution in [1.29, 1.82) is 0 Å². The van der Waals surface area contributed by atoms with Gasteiger partial charge in [-0.25, -0.2) is 0 Å². The Morgan fingerprint density at radius 2 is 1.81 bits per heavy atom. The van der Waals surface area contributed by atoms with E-state index >= 15 is 0 Å². The number of hydrogen-bond acceptors (Lipinski definition) is 3. The molecule has 3 rings (SSSR count). The van der Waals surface area contributed by atoms with Crippen molar-refractivity contribution in [1.82, 2.24) is 5.32 Å². The van der Waals surface area contributed by atoms with Gasteiger partial charge < -0.3 is 14.2 Å². The summed E-state index contributed by atoms with van der Waals surface area (Å²) >= 11 is 0. The second-order valence-electron chi connectivity index (χ2n) is 5.17. The third-order valence-electron chi connectivity index (χ3n) is 3.92. The predicted molar refractivity (Wildman–Crippen MR) is 84.6 cm³/mol. The highest BCUT2D eigenvalue weighted by atomic mass is 16.3. The lowest BCUT2D eigenvalue weighted by Gasteiger charge is -2.14. The van der Waals surface area contributed by atoms with Crippen molar-refractivity contribution in [3.8, 4) is 0 Å². The van der Waals surface area contributed by atoms with E-state index in [1.54, 1.807) is 0 Å². The Kier molecular flexibility index (Phi) is 3.84. The van der Waals surface area contributed by atoms with Gasteiger partial charge in [0, 0.05) is 23.8 Å². The number of hydrogen-bond donors (Lipinski definition) is 1. The first kappa shape index (κ1) is 14.0. The fourth-order valence-corrected chi connectivity index (χ4v) is 2.86. The molecule has 0 aliphatic rings. The normalized spacial score (nSPS) is 12.9. The Labute approximate surface area is 124 Å². The van der Waals surface area contributed by atoms with Crippen molar-refractivity contribution >= 4 is 11.0 Å². The van der Waals surface area contributed by atoms with Gasteiger partial charge in [-0.05, 0) is 25.2 Å². The van der Waals surface area contributed by atoms with E-state index in [0.717, 1.165) is 41.1 Å².